The Morgan fingerprint density at radius 2 is 1.56 bits per heavy atom. The van der Waals surface area contributed by atoms with E-state index in [2.05, 4.69) is 4.33 Å². The molecule has 0 heterocycles. The molecule has 1 rings (SSSR count). The van der Waals surface area contributed by atoms with Gasteiger partial charge in [0, 0.05) is 0 Å². The van der Waals surface area contributed by atoms with E-state index in [0.29, 0.717) is 0 Å². The van der Waals surface area contributed by atoms with E-state index in [-0.39, 0.29) is 11.7 Å². The summed E-state index contributed by atoms with van der Waals surface area (Å²) in [4.78, 5) is 21.5. The zero-order valence-electron chi connectivity index (χ0n) is 10.4. The minimum atomic E-state index is -0.890. The van der Waals surface area contributed by atoms with E-state index in [9.17, 15) is 9.59 Å². The fraction of sp³-hybridized carbons (Fsp3) is 0.833. The van der Waals surface area contributed by atoms with Crippen molar-refractivity contribution in [3.05, 3.63) is 0 Å². The van der Waals surface area contributed by atoms with E-state index in [1.54, 1.807) is 0 Å². The van der Waals surface area contributed by atoms with Crippen molar-refractivity contribution in [2.75, 3.05) is 0 Å². The van der Waals surface area contributed by atoms with Crippen LogP contribution in [-0.4, -0.2) is 27.7 Å². The van der Waals surface area contributed by atoms with Crippen molar-refractivity contribution in [3.8, 4) is 0 Å². The zero-order chi connectivity index (χ0) is 13.4. The molecule has 1 saturated carbocycles. The molecule has 0 aromatic rings. The fourth-order valence-corrected chi connectivity index (χ4v) is 3.23. The first-order valence-electron chi connectivity index (χ1n) is 6.24. The van der Waals surface area contributed by atoms with Crippen LogP contribution in [0.5, 0.6) is 0 Å². The fourth-order valence-electron chi connectivity index (χ4n) is 2.34. The van der Waals surface area contributed by atoms with E-state index >= 15 is 0 Å². The molecule has 5 nitrogen and oxygen atoms in total. The third kappa shape index (κ3) is 5.85. The Morgan fingerprint density at radius 3 is 2.06 bits per heavy atom. The predicted octanol–water partition coefficient (Wildman–Crippen LogP) is 2.03. The van der Waals surface area contributed by atoms with Gasteiger partial charge in [-0.05, 0) is 0 Å². The second-order valence-corrected chi connectivity index (χ2v) is 5.70. The molecule has 0 bridgehead atoms. The number of carbonyl (C=O) groups is 2. The Balaban J connectivity index is 2.59. The molecule has 0 atom stereocenters. The van der Waals surface area contributed by atoms with Gasteiger partial charge in [0.05, 0.1) is 0 Å². The quantitative estimate of drug-likeness (QED) is 0.654. The molecule has 3 N–H and O–H groups in total. The zero-order valence-corrected chi connectivity index (χ0v) is 11.3. The van der Waals surface area contributed by atoms with Crippen LogP contribution in [0.3, 0.4) is 0 Å². The number of aliphatic carboxylic acids is 2. The predicted molar refractivity (Wildman–Crippen MR) is 62.9 cm³/mol. The maximum absolute atomic E-state index is 11.0. The van der Waals surface area contributed by atoms with Crippen molar-refractivity contribution in [1.29, 1.82) is 0 Å². The Hall–Kier alpha value is -0.581. The normalized spacial score (nSPS) is 20.0. The van der Waals surface area contributed by atoms with Crippen LogP contribution in [0.2, 0.25) is 5.32 Å². The van der Waals surface area contributed by atoms with Gasteiger partial charge in [0.2, 0.25) is 0 Å². The summed E-state index contributed by atoms with van der Waals surface area (Å²) in [6, 6.07) is 0. The molecule has 1 aliphatic carbocycles. The van der Waals surface area contributed by atoms with Gasteiger partial charge in [-0.3, -0.25) is 0 Å². The minimum absolute atomic E-state index is 0.0507. The van der Waals surface area contributed by atoms with Crippen LogP contribution in [0.25, 0.3) is 0 Å². The van der Waals surface area contributed by atoms with E-state index in [1.807, 2.05) is 0 Å². The molecule has 0 radical (unpaired) electrons. The van der Waals surface area contributed by atoms with Crippen molar-refractivity contribution in [1.82, 2.24) is 4.33 Å². The summed E-state index contributed by atoms with van der Waals surface area (Å²) < 4.78 is 3.11. The van der Waals surface area contributed by atoms with Crippen molar-refractivity contribution < 1.29 is 35.0 Å². The number of rotatable bonds is 6. The molecule has 109 valence electrons. The molecule has 0 aromatic heterocycles. The van der Waals surface area contributed by atoms with Crippen LogP contribution in [-0.2, 0) is 24.8 Å². The molecule has 0 aromatic carbocycles. The number of carboxylic acid groups (broad SMARTS) is 2. The number of hydrogen-bond acceptors (Lipinski definition) is 3. The van der Waals surface area contributed by atoms with Gasteiger partial charge in [-0.2, -0.15) is 0 Å². The first-order chi connectivity index (χ1) is 8.54. The number of hydrogen-bond donors (Lipinski definition) is 3. The van der Waals surface area contributed by atoms with Crippen LogP contribution in [0, 0.1) is 0 Å². The van der Waals surface area contributed by atoms with Crippen molar-refractivity contribution in [2.45, 2.75) is 62.2 Å². The molecular weight excluding hydrogens is 286 g/mol. The van der Waals surface area contributed by atoms with E-state index in [4.69, 9.17) is 10.2 Å². The Morgan fingerprint density at radius 1 is 1.00 bits per heavy atom. The standard InChI is InChI=1S/C10H18NO2.C2H3O2.Cu/c11-10(8-9(12)13)6-4-2-1-3-5-7-10;1-2(3)4;/h11H,1-8H2,(H,12,13);1H2,(H,3,4);/q-1;;+1. The molecule has 0 saturated heterocycles. The van der Waals surface area contributed by atoms with Crippen LogP contribution < -0.4 is 4.33 Å². The van der Waals surface area contributed by atoms with Gasteiger partial charge >= 0.3 is 113 Å². The molecule has 0 spiro atoms. The summed E-state index contributed by atoms with van der Waals surface area (Å²) in [5.41, 5.74) is -0.443. The van der Waals surface area contributed by atoms with Crippen LogP contribution in [0.4, 0.5) is 0 Å². The van der Waals surface area contributed by atoms with E-state index in [0.717, 1.165) is 38.5 Å². The molecular formula is C12H21CuNO4. The van der Waals surface area contributed by atoms with Crippen LogP contribution >= 0.6 is 0 Å². The molecule has 1 fully saturated rings. The van der Waals surface area contributed by atoms with E-state index < -0.39 is 17.5 Å². The van der Waals surface area contributed by atoms with Gasteiger partial charge in [0.1, 0.15) is 0 Å². The van der Waals surface area contributed by atoms with Gasteiger partial charge in [0.15, 0.2) is 0 Å². The van der Waals surface area contributed by atoms with Gasteiger partial charge in [-0.15, -0.1) is 0 Å². The summed E-state index contributed by atoms with van der Waals surface area (Å²) >= 11 is 1.21. The summed E-state index contributed by atoms with van der Waals surface area (Å²) in [6.07, 6.45) is 7.17. The van der Waals surface area contributed by atoms with Gasteiger partial charge < -0.3 is 0 Å². The summed E-state index contributed by atoms with van der Waals surface area (Å²) in [6.45, 7) is 0. The summed E-state index contributed by atoms with van der Waals surface area (Å²) in [5.74, 6) is -1.71. The molecule has 18 heavy (non-hydrogen) atoms. The number of nitrogens with one attached hydrogen (secondary N) is 1. The molecule has 1 aliphatic rings. The van der Waals surface area contributed by atoms with E-state index in [1.165, 1.54) is 21.6 Å². The van der Waals surface area contributed by atoms with Crippen molar-refractivity contribution in [2.24, 2.45) is 0 Å². The van der Waals surface area contributed by atoms with Crippen molar-refractivity contribution >= 4 is 11.9 Å². The third-order valence-electron chi connectivity index (χ3n) is 3.16. The Kier molecular flexibility index (Phi) is 6.68. The molecule has 0 amide bonds. The van der Waals surface area contributed by atoms with Crippen molar-refractivity contribution in [3.63, 3.8) is 0 Å². The first kappa shape index (κ1) is 15.5. The second-order valence-electron chi connectivity index (χ2n) is 4.80. The summed E-state index contributed by atoms with van der Waals surface area (Å²) in [7, 11) is 0. The molecule has 0 aliphatic heterocycles. The second kappa shape index (κ2) is 7.77. The first-order valence-corrected chi connectivity index (χ1v) is 7.37. The van der Waals surface area contributed by atoms with Crippen LogP contribution in [0.1, 0.15) is 51.4 Å². The monoisotopic (exact) mass is 306 g/mol. The molecule has 0 unspecified atom stereocenters. The third-order valence-corrected chi connectivity index (χ3v) is 4.28. The SMILES string of the molecule is O=C(O)[CH2][Cu][NH]C1(CC(=O)O)CCCCCCC1. The topological polar surface area (TPSA) is 86.6 Å². The van der Waals surface area contributed by atoms with Gasteiger partial charge in [-0.1, -0.05) is 0 Å². The Labute approximate surface area is 114 Å². The van der Waals surface area contributed by atoms with Gasteiger partial charge in [-0.25, -0.2) is 0 Å². The average molecular weight is 307 g/mol. The average Bonchev–Trinajstić information content (AvgIpc) is 2.22. The Bertz CT molecular complexity index is 288. The molecule has 6 heteroatoms. The summed E-state index contributed by atoms with van der Waals surface area (Å²) in [5, 5.41) is 17.6. The number of carboxylic acids is 2. The van der Waals surface area contributed by atoms with Gasteiger partial charge in [0.25, 0.3) is 0 Å². The van der Waals surface area contributed by atoms with Crippen LogP contribution in [0.15, 0.2) is 0 Å². The maximum atomic E-state index is 11.0.